The van der Waals surface area contributed by atoms with Gasteiger partial charge < -0.3 is 27.4 Å². The number of imidazole rings is 3. The molecule has 0 spiro atoms. The molecule has 4 atom stereocenters. The van der Waals surface area contributed by atoms with Gasteiger partial charge in [-0.25, -0.2) is 15.0 Å². The topological polar surface area (TPSA) is 211 Å². The largest absolute Gasteiger partial charge is 0.350 e. The maximum absolute atomic E-state index is 8.80. The van der Waals surface area contributed by atoms with Crippen molar-refractivity contribution in [3.05, 3.63) is 341 Å². The van der Waals surface area contributed by atoms with Crippen LogP contribution in [0.1, 0.15) is 141 Å². The molecule has 0 fully saturated rings. The average Bonchev–Trinajstić information content (AvgIpc) is 1.71. The van der Waals surface area contributed by atoms with E-state index < -0.39 is 0 Å². The highest BCUT2D eigenvalue weighted by Gasteiger charge is 2.24. The molecule has 9 heterocycles. The normalized spacial score (nSPS) is 14.6. The van der Waals surface area contributed by atoms with Gasteiger partial charge in [0.25, 0.3) is 0 Å². The second-order valence-corrected chi connectivity index (χ2v) is 22.5. The number of nitrogens with zero attached hydrogens (tertiary/aromatic N) is 15. The van der Waals surface area contributed by atoms with Crippen LogP contribution < -0.4 is 0 Å². The molecule has 6 aromatic carbocycles. The van der Waals surface area contributed by atoms with E-state index in [1.165, 1.54) is 63.3 Å². The van der Waals surface area contributed by atoms with Crippen LogP contribution in [-0.4, -0.2) is 42.4 Å². The molecule has 0 amide bonds. The first kappa shape index (κ1) is 62.8. The van der Waals surface area contributed by atoms with Crippen LogP contribution in [0.4, 0.5) is 0 Å². The quantitative estimate of drug-likeness (QED) is 0.134. The van der Waals surface area contributed by atoms with Crippen molar-refractivity contribution in [2.45, 2.75) is 89.1 Å². The maximum Gasteiger partial charge on any atom is 0.0991 e. The summed E-state index contributed by atoms with van der Waals surface area (Å²) in [4.78, 5) is 12.4. The molecule has 0 radical (unpaired) electrons. The van der Waals surface area contributed by atoms with E-state index in [0.29, 0.717) is 46.4 Å². The molecule has 15 nitrogen and oxygen atoms in total. The molecule has 0 bridgehead atoms. The number of aromatic nitrogens is 9. The molecule has 12 aromatic rings. The van der Waals surface area contributed by atoms with Crippen LogP contribution in [0.3, 0.4) is 0 Å². The predicted octanol–water partition coefficient (Wildman–Crippen LogP) is 15.0. The first-order valence-electron chi connectivity index (χ1n) is 30.6. The third-order valence-electron chi connectivity index (χ3n) is 16.6. The van der Waals surface area contributed by atoms with Crippen molar-refractivity contribution in [3.8, 4) is 36.4 Å². The van der Waals surface area contributed by atoms with Crippen LogP contribution in [0.15, 0.2) is 257 Å². The van der Waals surface area contributed by atoms with Gasteiger partial charge in [-0.05, 0) is 194 Å². The number of aryl methyl sites for hydroxylation is 3. The first-order valence-corrected chi connectivity index (χ1v) is 30.6. The highest BCUT2D eigenvalue weighted by Crippen LogP contribution is 2.34. The van der Waals surface area contributed by atoms with E-state index in [1.807, 2.05) is 206 Å². The number of hydrogen-bond acceptors (Lipinski definition) is 9. The lowest BCUT2D eigenvalue weighted by atomic mass is 9.96. The Kier molecular flexibility index (Phi) is 21.5. The molecule has 0 aliphatic carbocycles. The van der Waals surface area contributed by atoms with E-state index in [1.54, 1.807) is 12.5 Å². The minimum Gasteiger partial charge on any atom is -0.350 e. The minimum atomic E-state index is 0.313. The third-order valence-corrected chi connectivity index (χ3v) is 16.6. The van der Waals surface area contributed by atoms with Gasteiger partial charge in [-0.3, -0.25) is 0 Å². The Morgan fingerprint density at radius 1 is 0.380 bits per heavy atom. The third kappa shape index (κ3) is 16.5. The lowest BCUT2D eigenvalue weighted by Gasteiger charge is -2.25. The highest BCUT2D eigenvalue weighted by molar-refractivity contribution is 5.38. The molecule has 6 aromatic heterocycles. The summed E-state index contributed by atoms with van der Waals surface area (Å²) < 4.78 is 13.0. The van der Waals surface area contributed by atoms with Gasteiger partial charge in [0.2, 0.25) is 0 Å². The number of hydrogen-bond donors (Lipinski definition) is 0. The Hall–Kier alpha value is -12.3. The molecule has 0 saturated carbocycles. The average molecular weight is 1200 g/mol. The molecule has 3 aliphatic rings. The van der Waals surface area contributed by atoms with Gasteiger partial charge >= 0.3 is 0 Å². The summed E-state index contributed by atoms with van der Waals surface area (Å²) in [7, 11) is 0. The summed E-state index contributed by atoms with van der Waals surface area (Å²) in [6.07, 6.45) is 31.4. The van der Waals surface area contributed by atoms with E-state index in [0.717, 1.165) is 56.3 Å². The number of nitriles is 6. The fourth-order valence-corrected chi connectivity index (χ4v) is 11.6. The van der Waals surface area contributed by atoms with Crippen LogP contribution in [0, 0.1) is 68.0 Å². The van der Waals surface area contributed by atoms with Crippen LogP contribution in [-0.2, 0) is 32.4 Å². The molecule has 0 N–H and O–H groups in total. The number of fused-ring (bicyclic) bond motifs is 3. The zero-order chi connectivity index (χ0) is 63.9. The summed E-state index contributed by atoms with van der Waals surface area (Å²) >= 11 is 0. The van der Waals surface area contributed by atoms with Crippen molar-refractivity contribution < 1.29 is 0 Å². The lowest BCUT2D eigenvalue weighted by molar-refractivity contribution is 0.458. The van der Waals surface area contributed by atoms with Crippen molar-refractivity contribution >= 4 is 0 Å². The highest BCUT2D eigenvalue weighted by atomic mass is 15.1. The SMILES string of the molecule is C[C@@H](c1ccc(C#N)cc1)n1cccc1.N#Cc1ccc(C2CCc3cccn32)cc1.N#Cc1ccc(C2CCc3cncn32)cc1.N#Cc1ccc(Cn2cccc2)cc1.N#Cc1ccc(Cn2ccnc2)cc1.N#Cc1ccc([C@@H]2CCCc3cncn32)cc1. The Bertz CT molecular complexity index is 4300. The number of rotatable bonds is 9. The van der Waals surface area contributed by atoms with Crippen LogP contribution in [0.5, 0.6) is 0 Å². The zero-order valence-electron chi connectivity index (χ0n) is 51.1. The van der Waals surface area contributed by atoms with Crippen LogP contribution in [0.25, 0.3) is 0 Å². The Labute approximate surface area is 537 Å². The minimum absolute atomic E-state index is 0.313. The summed E-state index contributed by atoms with van der Waals surface area (Å²) in [6.45, 7) is 3.80. The molecule has 92 heavy (non-hydrogen) atoms. The van der Waals surface area contributed by atoms with Crippen molar-refractivity contribution in [3.63, 3.8) is 0 Å². The van der Waals surface area contributed by atoms with Crippen molar-refractivity contribution in [1.29, 1.82) is 31.6 Å². The molecule has 0 saturated heterocycles. The van der Waals surface area contributed by atoms with Gasteiger partial charge in [0.1, 0.15) is 0 Å². The summed E-state index contributed by atoms with van der Waals surface area (Å²) in [5.41, 5.74) is 15.7. The second-order valence-electron chi connectivity index (χ2n) is 22.5. The molecule has 15 heteroatoms. The monoisotopic (exact) mass is 1200 g/mol. The van der Waals surface area contributed by atoms with Crippen molar-refractivity contribution in [1.82, 2.24) is 42.4 Å². The van der Waals surface area contributed by atoms with Gasteiger partial charge in [0.15, 0.2) is 0 Å². The predicted molar refractivity (Wildman–Crippen MR) is 353 cm³/mol. The van der Waals surface area contributed by atoms with E-state index in [4.69, 9.17) is 31.6 Å². The molecular weight excluding hydrogens is 1130 g/mol. The van der Waals surface area contributed by atoms with E-state index >= 15 is 0 Å². The van der Waals surface area contributed by atoms with Gasteiger partial charge in [-0.15, -0.1) is 0 Å². The molecule has 2 unspecified atom stereocenters. The lowest BCUT2D eigenvalue weighted by Crippen LogP contribution is -2.17. The maximum atomic E-state index is 8.80. The van der Waals surface area contributed by atoms with Gasteiger partial charge in [0.05, 0.1) is 113 Å². The van der Waals surface area contributed by atoms with E-state index in [-0.39, 0.29) is 0 Å². The molecule has 3 aliphatic heterocycles. The Morgan fingerprint density at radius 3 is 1.24 bits per heavy atom. The Balaban J connectivity index is 0.000000121. The van der Waals surface area contributed by atoms with Crippen LogP contribution >= 0.6 is 0 Å². The molecule has 450 valence electrons. The summed E-state index contributed by atoms with van der Waals surface area (Å²) in [5.74, 6) is 0. The van der Waals surface area contributed by atoms with Gasteiger partial charge in [0, 0.05) is 85.9 Å². The Morgan fingerprint density at radius 2 is 0.783 bits per heavy atom. The second kappa shape index (κ2) is 31.6. The van der Waals surface area contributed by atoms with Gasteiger partial charge in [-0.2, -0.15) is 31.6 Å². The standard InChI is InChI=1S/C14H13N3.C14H12N2.C13H11N3.C13H12N2.C12H10N2.C11H9N3/c15-8-11-4-6-12(7-5-11)14-3-1-2-13-9-16-10-17(13)14;15-10-11-3-5-12(6-4-11)14-8-7-13-2-1-9-16(13)14;14-7-10-1-3-11(4-2-10)13-6-5-12-8-15-9-16(12)13;1-11(15-8-2-3-9-15)13-6-4-12(10-14)5-7-13;13-9-11-3-5-12(6-4-11)10-14-7-1-2-8-14;12-7-10-1-3-11(4-2-10)8-14-6-5-13-9-14/h4-7,9-10,14H,1-3H2;1-6,9,14H,7-8H2;1-4,8-9,13H,5-6H2;2-9,11H,1H3;1-8H,10H2;1-6,9H,8H2/t14-;;;11-;;/m0..0../s1. The van der Waals surface area contributed by atoms with Gasteiger partial charge in [-0.1, -0.05) is 72.8 Å². The zero-order valence-corrected chi connectivity index (χ0v) is 51.1. The van der Waals surface area contributed by atoms with Crippen molar-refractivity contribution in [2.24, 2.45) is 0 Å². The smallest absolute Gasteiger partial charge is 0.0991 e. The summed E-state index contributed by atoms with van der Waals surface area (Å²) in [6, 6.07) is 73.2. The number of benzene rings is 6. The molecular formula is C77H67N15. The fourth-order valence-electron chi connectivity index (χ4n) is 11.6. The molecule has 15 rings (SSSR count). The van der Waals surface area contributed by atoms with Crippen LogP contribution in [0.2, 0.25) is 0 Å². The van der Waals surface area contributed by atoms with E-state index in [9.17, 15) is 0 Å². The summed E-state index contributed by atoms with van der Waals surface area (Å²) in [5, 5.41) is 52.3. The van der Waals surface area contributed by atoms with E-state index in [2.05, 4.69) is 124 Å². The van der Waals surface area contributed by atoms with Crippen molar-refractivity contribution in [2.75, 3.05) is 0 Å². The first-order chi connectivity index (χ1) is 45.2. The fraction of sp³-hybridized carbons (Fsp3) is 0.182.